The van der Waals surface area contributed by atoms with Crippen LogP contribution in [0.2, 0.25) is 0 Å². The predicted octanol–water partition coefficient (Wildman–Crippen LogP) is 1.84. The summed E-state index contributed by atoms with van der Waals surface area (Å²) >= 11 is 3.17. The molecular formula is C10H15BrN2O2. The number of halogens is 1. The maximum atomic E-state index is 10.3. The van der Waals surface area contributed by atoms with Crippen LogP contribution >= 0.6 is 15.9 Å². The maximum absolute atomic E-state index is 10.3. The Morgan fingerprint density at radius 3 is 2.40 bits per heavy atom. The first-order valence-corrected chi connectivity index (χ1v) is 5.06. The highest BCUT2D eigenvalue weighted by molar-refractivity contribution is 9.10. The summed E-state index contributed by atoms with van der Waals surface area (Å²) in [6.07, 6.45) is 2.20. The van der Waals surface area contributed by atoms with E-state index in [1.165, 1.54) is 13.3 Å². The summed E-state index contributed by atoms with van der Waals surface area (Å²) in [6, 6.07) is 1.62. The van der Waals surface area contributed by atoms with Crippen LogP contribution in [0.15, 0.2) is 16.9 Å². The van der Waals surface area contributed by atoms with Gasteiger partial charge in [0.25, 0.3) is 0 Å². The van der Waals surface area contributed by atoms with Crippen LogP contribution < -0.4 is 4.74 Å². The van der Waals surface area contributed by atoms with Gasteiger partial charge < -0.3 is 9.64 Å². The highest BCUT2D eigenvalue weighted by Crippen LogP contribution is 2.21. The van der Waals surface area contributed by atoms with Crippen molar-refractivity contribution >= 4 is 22.2 Å². The fourth-order valence-corrected chi connectivity index (χ4v) is 1.03. The van der Waals surface area contributed by atoms with Gasteiger partial charge in [-0.15, -0.1) is 0 Å². The Labute approximate surface area is 98.4 Å². The van der Waals surface area contributed by atoms with E-state index in [2.05, 4.69) is 20.9 Å². The summed E-state index contributed by atoms with van der Waals surface area (Å²) in [5.41, 5.74) is 0.505. The number of methoxy groups -OCH3 is 1. The van der Waals surface area contributed by atoms with Crippen LogP contribution in [0.3, 0.4) is 0 Å². The van der Waals surface area contributed by atoms with E-state index >= 15 is 0 Å². The predicted molar refractivity (Wildman–Crippen MR) is 63.5 cm³/mol. The lowest BCUT2D eigenvalue weighted by Gasteiger charge is -2.00. The van der Waals surface area contributed by atoms with E-state index in [4.69, 9.17) is 4.74 Å². The standard InChI is InChI=1S/C7H6BrNO2.C3H9N/c1-11-6-2-5(4-10)3-9-7(6)8;1-4(2)3/h2-4H,1H3;1-3H3. The van der Waals surface area contributed by atoms with Gasteiger partial charge in [-0.2, -0.15) is 0 Å². The van der Waals surface area contributed by atoms with Crippen molar-refractivity contribution in [1.82, 2.24) is 9.88 Å². The molecule has 0 amide bonds. The summed E-state index contributed by atoms with van der Waals surface area (Å²) in [6.45, 7) is 0. The molecule has 1 aromatic heterocycles. The second-order valence-corrected chi connectivity index (χ2v) is 3.97. The van der Waals surface area contributed by atoms with E-state index in [0.29, 0.717) is 15.9 Å². The lowest BCUT2D eigenvalue weighted by Crippen LogP contribution is -1.99. The molecule has 0 atom stereocenters. The minimum Gasteiger partial charge on any atom is -0.494 e. The van der Waals surface area contributed by atoms with E-state index in [1.807, 2.05) is 26.0 Å². The molecule has 0 aliphatic carbocycles. The van der Waals surface area contributed by atoms with E-state index in [1.54, 1.807) is 6.07 Å². The Bertz CT molecular complexity index is 314. The Kier molecular flexibility index (Phi) is 6.90. The third kappa shape index (κ3) is 6.19. The van der Waals surface area contributed by atoms with Gasteiger partial charge in [-0.3, -0.25) is 4.79 Å². The van der Waals surface area contributed by atoms with E-state index in [0.717, 1.165) is 6.29 Å². The zero-order valence-electron chi connectivity index (χ0n) is 9.32. The Hall–Kier alpha value is -0.940. The van der Waals surface area contributed by atoms with Crippen molar-refractivity contribution in [2.24, 2.45) is 0 Å². The molecular weight excluding hydrogens is 260 g/mol. The number of nitrogens with zero attached hydrogens (tertiary/aromatic N) is 2. The molecule has 1 rings (SSSR count). The van der Waals surface area contributed by atoms with Gasteiger partial charge in [0.05, 0.1) is 7.11 Å². The molecule has 5 heteroatoms. The molecule has 0 spiro atoms. The molecule has 0 aliphatic heterocycles. The summed E-state index contributed by atoms with van der Waals surface area (Å²) in [5.74, 6) is 0.564. The lowest BCUT2D eigenvalue weighted by atomic mass is 10.3. The highest BCUT2D eigenvalue weighted by Gasteiger charge is 2.00. The number of carbonyl (C=O) groups is 1. The highest BCUT2D eigenvalue weighted by atomic mass is 79.9. The third-order valence-corrected chi connectivity index (χ3v) is 1.78. The first-order chi connectivity index (χ1) is 7.01. The largest absolute Gasteiger partial charge is 0.494 e. The lowest BCUT2D eigenvalue weighted by molar-refractivity contribution is 0.112. The number of hydrogen-bond donors (Lipinski definition) is 0. The van der Waals surface area contributed by atoms with Gasteiger partial charge in [0, 0.05) is 11.8 Å². The summed E-state index contributed by atoms with van der Waals surface area (Å²) < 4.78 is 5.52. The zero-order chi connectivity index (χ0) is 11.8. The Morgan fingerprint density at radius 1 is 1.47 bits per heavy atom. The van der Waals surface area contributed by atoms with Crippen LogP contribution in [0.25, 0.3) is 0 Å². The molecule has 4 nitrogen and oxygen atoms in total. The van der Waals surface area contributed by atoms with Gasteiger partial charge in [-0.05, 0) is 43.1 Å². The van der Waals surface area contributed by atoms with Crippen LogP contribution in [0.1, 0.15) is 10.4 Å². The minimum atomic E-state index is 0.505. The van der Waals surface area contributed by atoms with Crippen LogP contribution in [-0.4, -0.2) is 44.4 Å². The molecule has 0 unspecified atom stereocenters. The van der Waals surface area contributed by atoms with Crippen molar-refractivity contribution in [2.75, 3.05) is 28.3 Å². The van der Waals surface area contributed by atoms with Crippen LogP contribution in [0.4, 0.5) is 0 Å². The minimum absolute atomic E-state index is 0.505. The van der Waals surface area contributed by atoms with E-state index in [-0.39, 0.29) is 0 Å². The molecule has 84 valence electrons. The molecule has 0 aliphatic rings. The fraction of sp³-hybridized carbons (Fsp3) is 0.400. The van der Waals surface area contributed by atoms with Gasteiger partial charge in [0.15, 0.2) is 12.0 Å². The fourth-order valence-electron chi connectivity index (χ4n) is 0.651. The summed E-state index contributed by atoms with van der Waals surface area (Å²) in [7, 11) is 7.52. The van der Waals surface area contributed by atoms with Crippen molar-refractivity contribution in [3.8, 4) is 5.75 Å². The Morgan fingerprint density at radius 2 is 2.00 bits per heavy atom. The normalized spacial score (nSPS) is 9.20. The number of pyridine rings is 1. The molecule has 0 fully saturated rings. The van der Waals surface area contributed by atoms with Crippen LogP contribution in [0.5, 0.6) is 5.75 Å². The average Bonchev–Trinajstić information content (AvgIpc) is 2.18. The SMILES string of the molecule is CN(C)C.COc1cc(C=O)cnc1Br. The number of aldehydes is 1. The number of aromatic nitrogens is 1. The first kappa shape index (κ1) is 14.1. The summed E-state index contributed by atoms with van der Waals surface area (Å²) in [5, 5.41) is 0. The zero-order valence-corrected chi connectivity index (χ0v) is 10.9. The molecule has 0 bridgehead atoms. The first-order valence-electron chi connectivity index (χ1n) is 4.27. The maximum Gasteiger partial charge on any atom is 0.152 e. The molecule has 0 radical (unpaired) electrons. The van der Waals surface area contributed by atoms with Crippen molar-refractivity contribution in [1.29, 1.82) is 0 Å². The quantitative estimate of drug-likeness (QED) is 0.610. The van der Waals surface area contributed by atoms with Crippen molar-refractivity contribution in [3.63, 3.8) is 0 Å². The van der Waals surface area contributed by atoms with Crippen LogP contribution in [-0.2, 0) is 0 Å². The smallest absolute Gasteiger partial charge is 0.152 e. The molecule has 1 heterocycles. The van der Waals surface area contributed by atoms with Gasteiger partial charge in [0.2, 0.25) is 0 Å². The van der Waals surface area contributed by atoms with Crippen molar-refractivity contribution in [3.05, 3.63) is 22.4 Å². The monoisotopic (exact) mass is 274 g/mol. The molecule has 0 saturated heterocycles. The molecule has 1 aromatic rings. The topological polar surface area (TPSA) is 42.4 Å². The number of carbonyl (C=O) groups excluding carboxylic acids is 1. The van der Waals surface area contributed by atoms with Gasteiger partial charge in [-0.1, -0.05) is 0 Å². The van der Waals surface area contributed by atoms with Gasteiger partial charge in [0.1, 0.15) is 4.60 Å². The second-order valence-electron chi connectivity index (χ2n) is 3.22. The van der Waals surface area contributed by atoms with Gasteiger partial charge >= 0.3 is 0 Å². The van der Waals surface area contributed by atoms with Crippen LogP contribution in [0, 0.1) is 0 Å². The second kappa shape index (κ2) is 7.36. The number of ether oxygens (including phenoxy) is 1. The van der Waals surface area contributed by atoms with Gasteiger partial charge in [-0.25, -0.2) is 4.98 Å². The van der Waals surface area contributed by atoms with E-state index < -0.39 is 0 Å². The number of hydrogen-bond acceptors (Lipinski definition) is 4. The molecule has 0 N–H and O–H groups in total. The summed E-state index contributed by atoms with van der Waals surface area (Å²) in [4.78, 5) is 16.2. The Balaban J connectivity index is 0.000000423. The van der Waals surface area contributed by atoms with E-state index in [9.17, 15) is 4.79 Å². The molecule has 15 heavy (non-hydrogen) atoms. The molecule has 0 saturated carbocycles. The average molecular weight is 275 g/mol. The van der Waals surface area contributed by atoms with Crippen molar-refractivity contribution < 1.29 is 9.53 Å². The molecule has 0 aromatic carbocycles. The van der Waals surface area contributed by atoms with Crippen molar-refractivity contribution in [2.45, 2.75) is 0 Å². The number of rotatable bonds is 2. The third-order valence-electron chi connectivity index (χ3n) is 1.18.